The van der Waals surface area contributed by atoms with Crippen LogP contribution in [0.3, 0.4) is 0 Å². The van der Waals surface area contributed by atoms with Crippen LogP contribution in [0.15, 0.2) is 0 Å². The number of aliphatic hydroxyl groups excluding tert-OH is 1. The highest BCUT2D eigenvalue weighted by molar-refractivity contribution is 7.46. The molecule has 1 aliphatic rings. The average molecular weight is 1430 g/mol. The van der Waals surface area contributed by atoms with Crippen LogP contribution in [-0.2, 0) is 71.1 Å². The lowest BCUT2D eigenvalue weighted by Gasteiger charge is -2.45. The standard InChI is InChI=1S/C77H143N2O19P/c1-7-13-19-24-29-32-37-40-46-51-62(93-69(83)54-45-18-12-6)57-67(81)78-65(76(87)88)61-92-77-73(79-68(82)58-63(52-47-41-38-33-30-25-20-14-8-2)94-70(84)55-49-43-35-27-22-16-10-4)75(74(66(60-80)96-77)98-99(89,90)91)97-72(86)59-64(53-48-42-39-34-31-26-21-15-9-3)95-71(85)56-50-44-36-28-23-17-11-5/h62-66,73-75,77,80H,7-61H2,1-6H3,(H,78,81)(H,79,82)(H,87,88)(H2,89,90,91)/t62-,63-,64-,65+,66-,73-,74-,75-,77+/m1/s1. The molecular formula is C77H143N2O19P. The summed E-state index contributed by atoms with van der Waals surface area (Å²) in [4.78, 5) is 117. The monoisotopic (exact) mass is 1430 g/mol. The summed E-state index contributed by atoms with van der Waals surface area (Å²) >= 11 is 0. The summed E-state index contributed by atoms with van der Waals surface area (Å²) in [6.45, 7) is 10.9. The van der Waals surface area contributed by atoms with Gasteiger partial charge in [-0.05, 0) is 57.8 Å². The Labute approximate surface area is 598 Å². The number of aliphatic carboxylic acids is 1. The van der Waals surface area contributed by atoms with Crippen molar-refractivity contribution < 1.29 is 91.1 Å². The first kappa shape index (κ1) is 93.3. The summed E-state index contributed by atoms with van der Waals surface area (Å²) < 4.78 is 54.6. The van der Waals surface area contributed by atoms with Gasteiger partial charge in [-0.25, -0.2) is 9.36 Å². The molecule has 1 rings (SSSR count). The lowest BCUT2D eigenvalue weighted by atomic mass is 9.95. The highest BCUT2D eigenvalue weighted by atomic mass is 31.2. The summed E-state index contributed by atoms with van der Waals surface area (Å²) in [5.41, 5.74) is 0. The molecule has 22 heteroatoms. The third-order valence-electron chi connectivity index (χ3n) is 18.7. The van der Waals surface area contributed by atoms with Crippen molar-refractivity contribution in [3.63, 3.8) is 0 Å². The Hall–Kier alpha value is -3.72. The van der Waals surface area contributed by atoms with Gasteiger partial charge in [0.2, 0.25) is 11.8 Å². The maximum Gasteiger partial charge on any atom is 0.470 e. The number of nitrogens with one attached hydrogen (secondary N) is 2. The van der Waals surface area contributed by atoms with E-state index in [9.17, 15) is 58.1 Å². The Morgan fingerprint density at radius 2 is 0.727 bits per heavy atom. The second-order valence-corrected chi connectivity index (χ2v) is 29.3. The third-order valence-corrected chi connectivity index (χ3v) is 19.2. The summed E-state index contributed by atoms with van der Waals surface area (Å²) in [6, 6.07) is -3.59. The van der Waals surface area contributed by atoms with E-state index in [-0.39, 0.29) is 32.1 Å². The van der Waals surface area contributed by atoms with Gasteiger partial charge in [-0.1, -0.05) is 286 Å². The molecule has 0 aromatic carbocycles. The molecule has 0 bridgehead atoms. The number of carbonyl (C=O) groups excluding carboxylic acids is 6. The fraction of sp³-hybridized carbons (Fsp3) is 0.909. The summed E-state index contributed by atoms with van der Waals surface area (Å²) in [5.74, 6) is -5.57. The van der Waals surface area contributed by atoms with E-state index in [4.69, 9.17) is 32.9 Å². The van der Waals surface area contributed by atoms with Crippen molar-refractivity contribution >= 4 is 49.5 Å². The highest BCUT2D eigenvalue weighted by Gasteiger charge is 2.52. The van der Waals surface area contributed by atoms with Gasteiger partial charge < -0.3 is 59.1 Å². The molecule has 1 saturated heterocycles. The molecule has 99 heavy (non-hydrogen) atoms. The Bertz CT molecular complexity index is 2100. The van der Waals surface area contributed by atoms with Crippen LogP contribution in [0, 0.1) is 0 Å². The van der Waals surface area contributed by atoms with E-state index in [0.717, 1.165) is 199 Å². The smallest absolute Gasteiger partial charge is 0.470 e. The molecule has 6 N–H and O–H groups in total. The number of hydrogen-bond donors (Lipinski definition) is 6. The number of phosphoric acid groups is 1. The lowest BCUT2D eigenvalue weighted by Crippen LogP contribution is -2.66. The molecule has 1 heterocycles. The third kappa shape index (κ3) is 52.0. The second kappa shape index (κ2) is 62.8. The summed E-state index contributed by atoms with van der Waals surface area (Å²) in [6.07, 6.45) is 33.4. The number of rotatable bonds is 69. The number of ether oxygens (including phenoxy) is 6. The summed E-state index contributed by atoms with van der Waals surface area (Å²) in [5, 5.41) is 26.8. The van der Waals surface area contributed by atoms with Crippen molar-refractivity contribution in [1.29, 1.82) is 0 Å². The summed E-state index contributed by atoms with van der Waals surface area (Å²) in [7, 11) is -5.56. The molecule has 580 valence electrons. The van der Waals surface area contributed by atoms with E-state index in [1.54, 1.807) is 0 Å². The first-order valence-electron chi connectivity index (χ1n) is 40.1. The SMILES string of the molecule is CCCCCCCCCCC[C@H](CC(=O)N[C@H]1[C@@H](OC[C@H](NC(=O)C[C@@H](CCCCCCCCCCC)OC(=O)CCCCC)C(=O)O)O[C@H](CO)[C@@H](OP(=O)(O)O)[C@@H]1OC(=O)C[C@@H](CCCCCCCCCCC)OC(=O)CCCCCCCCC)OC(=O)CCCCCCCCC. The van der Waals surface area contributed by atoms with Crippen LogP contribution >= 0.6 is 7.82 Å². The first-order valence-corrected chi connectivity index (χ1v) is 41.6. The zero-order chi connectivity index (χ0) is 73.0. The van der Waals surface area contributed by atoms with Crippen molar-refractivity contribution in [3.05, 3.63) is 0 Å². The Kier molecular flexibility index (Phi) is 59.2. The Balaban J connectivity index is 3.84. The van der Waals surface area contributed by atoms with Crippen molar-refractivity contribution in [1.82, 2.24) is 10.6 Å². The predicted octanol–water partition coefficient (Wildman–Crippen LogP) is 17.7. The number of unbranched alkanes of at least 4 members (excludes halogenated alkanes) is 38. The number of carboxylic acid groups (broad SMARTS) is 1. The van der Waals surface area contributed by atoms with Gasteiger partial charge in [0.15, 0.2) is 18.4 Å². The molecule has 0 unspecified atom stereocenters. The van der Waals surface area contributed by atoms with Crippen LogP contribution in [0.2, 0.25) is 0 Å². The van der Waals surface area contributed by atoms with Gasteiger partial charge >= 0.3 is 37.7 Å². The fourth-order valence-corrected chi connectivity index (χ4v) is 13.4. The van der Waals surface area contributed by atoms with E-state index in [2.05, 4.69) is 45.3 Å². The van der Waals surface area contributed by atoms with E-state index in [1.165, 1.54) is 44.9 Å². The number of carbonyl (C=O) groups is 7. The fourth-order valence-electron chi connectivity index (χ4n) is 12.8. The van der Waals surface area contributed by atoms with Gasteiger partial charge in [-0.15, -0.1) is 0 Å². The minimum atomic E-state index is -5.56. The molecule has 0 aliphatic carbocycles. The minimum Gasteiger partial charge on any atom is -0.480 e. The number of hydrogen-bond acceptors (Lipinski definition) is 16. The Morgan fingerprint density at radius 3 is 1.07 bits per heavy atom. The maximum atomic E-state index is 14.8. The van der Waals surface area contributed by atoms with Crippen molar-refractivity contribution in [3.8, 4) is 0 Å². The molecule has 0 radical (unpaired) electrons. The molecule has 0 aromatic heterocycles. The van der Waals surface area contributed by atoms with Gasteiger partial charge in [0.05, 0.1) is 32.5 Å². The topological polar surface area (TPSA) is 306 Å². The van der Waals surface area contributed by atoms with Gasteiger partial charge in [-0.3, -0.25) is 33.3 Å². The van der Waals surface area contributed by atoms with Crippen LogP contribution in [0.5, 0.6) is 0 Å². The normalized spacial score (nSPS) is 17.5. The molecule has 0 spiro atoms. The van der Waals surface area contributed by atoms with Gasteiger partial charge in [0, 0.05) is 19.3 Å². The van der Waals surface area contributed by atoms with Crippen LogP contribution in [0.4, 0.5) is 0 Å². The molecule has 0 aromatic rings. The van der Waals surface area contributed by atoms with Crippen molar-refractivity contribution in [2.75, 3.05) is 13.2 Å². The number of esters is 4. The zero-order valence-corrected chi connectivity index (χ0v) is 63.8. The van der Waals surface area contributed by atoms with Gasteiger partial charge in [0.1, 0.15) is 36.6 Å². The molecular weight excluding hydrogens is 1290 g/mol. The first-order chi connectivity index (χ1) is 47.8. The van der Waals surface area contributed by atoms with E-state index in [1.807, 2.05) is 6.92 Å². The van der Waals surface area contributed by atoms with Gasteiger partial charge in [-0.2, -0.15) is 0 Å². The van der Waals surface area contributed by atoms with Crippen molar-refractivity contribution in [2.24, 2.45) is 0 Å². The second-order valence-electron chi connectivity index (χ2n) is 28.1. The van der Waals surface area contributed by atoms with Crippen molar-refractivity contribution in [2.45, 2.75) is 437 Å². The van der Waals surface area contributed by atoms with Crippen LogP contribution in [0.1, 0.15) is 382 Å². The highest BCUT2D eigenvalue weighted by Crippen LogP contribution is 2.42. The van der Waals surface area contributed by atoms with Crippen LogP contribution in [0.25, 0.3) is 0 Å². The Morgan fingerprint density at radius 1 is 0.414 bits per heavy atom. The predicted molar refractivity (Wildman–Crippen MR) is 388 cm³/mol. The largest absolute Gasteiger partial charge is 0.480 e. The molecule has 0 saturated carbocycles. The van der Waals surface area contributed by atoms with E-state index < -0.39 is 131 Å². The van der Waals surface area contributed by atoms with Crippen LogP contribution in [-0.4, -0.2) is 130 Å². The minimum absolute atomic E-state index is 0.124. The average Bonchev–Trinajstić information content (AvgIpc) is 0.785. The lowest BCUT2D eigenvalue weighted by molar-refractivity contribution is -0.272. The van der Waals surface area contributed by atoms with Gasteiger partial charge in [0.25, 0.3) is 0 Å². The number of aliphatic hydroxyl groups is 1. The van der Waals surface area contributed by atoms with Crippen LogP contribution < -0.4 is 10.6 Å². The van der Waals surface area contributed by atoms with E-state index >= 15 is 0 Å². The number of carboxylic acids is 1. The molecule has 21 nitrogen and oxygen atoms in total. The van der Waals surface area contributed by atoms with E-state index in [0.29, 0.717) is 51.4 Å². The number of amides is 2. The molecule has 1 aliphatic heterocycles. The molecule has 1 fully saturated rings. The molecule has 2 amide bonds. The quantitative estimate of drug-likeness (QED) is 0.0143. The maximum absolute atomic E-state index is 14.8. The zero-order valence-electron chi connectivity index (χ0n) is 62.9. The number of phosphoric ester groups is 1. The molecule has 9 atom stereocenters.